The third kappa shape index (κ3) is 3.10. The van der Waals surface area contributed by atoms with Crippen LogP contribution < -0.4 is 11.1 Å². The van der Waals surface area contributed by atoms with Crippen LogP contribution in [0.3, 0.4) is 0 Å². The van der Waals surface area contributed by atoms with Gasteiger partial charge in [0.15, 0.2) is 0 Å². The van der Waals surface area contributed by atoms with E-state index in [2.05, 4.69) is 12.2 Å². The Morgan fingerprint density at radius 1 is 1.39 bits per heavy atom. The lowest BCUT2D eigenvalue weighted by atomic mass is 9.97. The smallest absolute Gasteiger partial charge is 0.223 e. The van der Waals surface area contributed by atoms with E-state index in [4.69, 9.17) is 5.73 Å². The SMILES string of the molecule is CC1CCCC1C(=O)NCC(N)c1ccccc1. The molecule has 2 rings (SSSR count). The molecule has 98 valence electrons. The fourth-order valence-corrected chi connectivity index (χ4v) is 2.69. The molecule has 1 saturated carbocycles. The molecule has 1 aliphatic carbocycles. The molecule has 18 heavy (non-hydrogen) atoms. The molecular formula is C15H22N2O. The maximum Gasteiger partial charge on any atom is 0.223 e. The highest BCUT2D eigenvalue weighted by molar-refractivity contribution is 5.79. The molecule has 1 amide bonds. The monoisotopic (exact) mass is 246 g/mol. The van der Waals surface area contributed by atoms with Gasteiger partial charge in [0.2, 0.25) is 5.91 Å². The van der Waals surface area contributed by atoms with Gasteiger partial charge in [0.1, 0.15) is 0 Å². The summed E-state index contributed by atoms with van der Waals surface area (Å²) in [5.41, 5.74) is 7.13. The van der Waals surface area contributed by atoms with E-state index >= 15 is 0 Å². The predicted octanol–water partition coefficient (Wildman–Crippen LogP) is 2.24. The molecule has 1 aromatic carbocycles. The van der Waals surface area contributed by atoms with Crippen LogP contribution in [0.5, 0.6) is 0 Å². The molecule has 1 fully saturated rings. The number of carbonyl (C=O) groups is 1. The van der Waals surface area contributed by atoms with E-state index in [1.165, 1.54) is 12.8 Å². The highest BCUT2D eigenvalue weighted by Crippen LogP contribution is 2.31. The van der Waals surface area contributed by atoms with Crippen LogP contribution in [0.15, 0.2) is 30.3 Å². The number of benzene rings is 1. The van der Waals surface area contributed by atoms with Crippen molar-refractivity contribution < 1.29 is 4.79 Å². The first-order valence-corrected chi connectivity index (χ1v) is 6.76. The Morgan fingerprint density at radius 2 is 2.11 bits per heavy atom. The van der Waals surface area contributed by atoms with Crippen molar-refractivity contribution >= 4 is 5.91 Å². The van der Waals surface area contributed by atoms with Gasteiger partial charge in [-0.15, -0.1) is 0 Å². The van der Waals surface area contributed by atoms with Crippen molar-refractivity contribution in [2.75, 3.05) is 6.54 Å². The van der Waals surface area contributed by atoms with Crippen LogP contribution in [0.1, 0.15) is 37.8 Å². The number of amides is 1. The van der Waals surface area contributed by atoms with Crippen molar-refractivity contribution in [3.63, 3.8) is 0 Å². The molecule has 0 radical (unpaired) electrons. The maximum absolute atomic E-state index is 12.0. The fraction of sp³-hybridized carbons (Fsp3) is 0.533. The number of rotatable bonds is 4. The molecule has 0 saturated heterocycles. The van der Waals surface area contributed by atoms with Gasteiger partial charge in [0.25, 0.3) is 0 Å². The Hall–Kier alpha value is -1.35. The Bertz CT molecular complexity index is 391. The number of hydrogen-bond acceptors (Lipinski definition) is 2. The largest absolute Gasteiger partial charge is 0.354 e. The van der Waals surface area contributed by atoms with Crippen LogP contribution in [0.2, 0.25) is 0 Å². The van der Waals surface area contributed by atoms with Gasteiger partial charge in [-0.2, -0.15) is 0 Å². The highest BCUT2D eigenvalue weighted by Gasteiger charge is 2.29. The summed E-state index contributed by atoms with van der Waals surface area (Å²) in [5, 5.41) is 2.99. The van der Waals surface area contributed by atoms with Crippen molar-refractivity contribution in [1.29, 1.82) is 0 Å². The standard InChI is InChI=1S/C15H22N2O/c1-11-6-5-9-13(11)15(18)17-10-14(16)12-7-3-2-4-8-12/h2-4,7-8,11,13-14H,5-6,9-10,16H2,1H3,(H,17,18). The normalized spacial score (nSPS) is 24.8. The van der Waals surface area contributed by atoms with E-state index < -0.39 is 0 Å². The maximum atomic E-state index is 12.0. The third-order valence-electron chi connectivity index (χ3n) is 3.92. The Morgan fingerprint density at radius 3 is 2.72 bits per heavy atom. The van der Waals surface area contributed by atoms with E-state index in [-0.39, 0.29) is 17.9 Å². The van der Waals surface area contributed by atoms with E-state index in [1.807, 2.05) is 30.3 Å². The molecular weight excluding hydrogens is 224 g/mol. The van der Waals surface area contributed by atoms with Gasteiger partial charge in [0, 0.05) is 18.5 Å². The molecule has 0 aromatic heterocycles. The number of nitrogens with one attached hydrogen (secondary N) is 1. The van der Waals surface area contributed by atoms with Crippen LogP contribution in [-0.4, -0.2) is 12.5 Å². The highest BCUT2D eigenvalue weighted by atomic mass is 16.1. The summed E-state index contributed by atoms with van der Waals surface area (Å²) in [6, 6.07) is 9.78. The summed E-state index contributed by atoms with van der Waals surface area (Å²) < 4.78 is 0. The Labute approximate surface area is 109 Å². The number of nitrogens with two attached hydrogens (primary N) is 1. The van der Waals surface area contributed by atoms with Crippen LogP contribution in [-0.2, 0) is 4.79 Å². The zero-order valence-corrected chi connectivity index (χ0v) is 10.9. The first-order chi connectivity index (χ1) is 8.68. The van der Waals surface area contributed by atoms with E-state index in [1.54, 1.807) is 0 Å². The first-order valence-electron chi connectivity index (χ1n) is 6.76. The van der Waals surface area contributed by atoms with Crippen molar-refractivity contribution in [2.24, 2.45) is 17.6 Å². The van der Waals surface area contributed by atoms with Gasteiger partial charge in [-0.1, -0.05) is 43.7 Å². The fourth-order valence-electron chi connectivity index (χ4n) is 2.69. The van der Waals surface area contributed by atoms with Gasteiger partial charge in [-0.25, -0.2) is 0 Å². The van der Waals surface area contributed by atoms with Crippen LogP contribution in [0, 0.1) is 11.8 Å². The van der Waals surface area contributed by atoms with Crippen molar-refractivity contribution in [2.45, 2.75) is 32.2 Å². The predicted molar refractivity (Wildman–Crippen MR) is 72.9 cm³/mol. The second-order valence-corrected chi connectivity index (χ2v) is 5.28. The lowest BCUT2D eigenvalue weighted by Crippen LogP contribution is -2.36. The molecule has 1 aliphatic rings. The van der Waals surface area contributed by atoms with Gasteiger partial charge in [-0.3, -0.25) is 4.79 Å². The molecule has 3 unspecified atom stereocenters. The molecule has 1 aromatic rings. The summed E-state index contributed by atoms with van der Waals surface area (Å²) in [6.45, 7) is 2.68. The summed E-state index contributed by atoms with van der Waals surface area (Å²) in [6.07, 6.45) is 3.36. The van der Waals surface area contributed by atoms with Crippen LogP contribution >= 0.6 is 0 Å². The summed E-state index contributed by atoms with van der Waals surface area (Å²) in [4.78, 5) is 12.0. The first kappa shape index (κ1) is 13.1. The Kier molecular flexibility index (Phi) is 4.37. The molecule has 0 heterocycles. The zero-order valence-electron chi connectivity index (χ0n) is 10.9. The van der Waals surface area contributed by atoms with E-state index in [9.17, 15) is 4.79 Å². The lowest BCUT2D eigenvalue weighted by molar-refractivity contribution is -0.125. The molecule has 3 heteroatoms. The average Bonchev–Trinajstić information content (AvgIpc) is 2.83. The summed E-state index contributed by atoms with van der Waals surface area (Å²) in [7, 11) is 0. The average molecular weight is 246 g/mol. The van der Waals surface area contributed by atoms with Crippen LogP contribution in [0.25, 0.3) is 0 Å². The van der Waals surface area contributed by atoms with Crippen molar-refractivity contribution in [3.8, 4) is 0 Å². The molecule has 3 nitrogen and oxygen atoms in total. The topological polar surface area (TPSA) is 55.1 Å². The third-order valence-corrected chi connectivity index (χ3v) is 3.92. The van der Waals surface area contributed by atoms with E-state index in [0.717, 1.165) is 12.0 Å². The molecule has 3 atom stereocenters. The molecule has 3 N–H and O–H groups in total. The van der Waals surface area contributed by atoms with Gasteiger partial charge < -0.3 is 11.1 Å². The second-order valence-electron chi connectivity index (χ2n) is 5.28. The number of carbonyl (C=O) groups excluding carboxylic acids is 1. The van der Waals surface area contributed by atoms with Crippen molar-refractivity contribution in [3.05, 3.63) is 35.9 Å². The van der Waals surface area contributed by atoms with Crippen LogP contribution in [0.4, 0.5) is 0 Å². The second kappa shape index (κ2) is 6.01. The quantitative estimate of drug-likeness (QED) is 0.856. The zero-order chi connectivity index (χ0) is 13.0. The minimum atomic E-state index is -0.119. The molecule has 0 aliphatic heterocycles. The Balaban J connectivity index is 1.83. The van der Waals surface area contributed by atoms with Gasteiger partial charge in [0.05, 0.1) is 0 Å². The van der Waals surface area contributed by atoms with Crippen molar-refractivity contribution in [1.82, 2.24) is 5.32 Å². The number of hydrogen-bond donors (Lipinski definition) is 2. The molecule has 0 spiro atoms. The minimum Gasteiger partial charge on any atom is -0.354 e. The summed E-state index contributed by atoms with van der Waals surface area (Å²) >= 11 is 0. The van der Waals surface area contributed by atoms with Gasteiger partial charge >= 0.3 is 0 Å². The lowest BCUT2D eigenvalue weighted by Gasteiger charge is -2.18. The minimum absolute atomic E-state index is 0.119. The van der Waals surface area contributed by atoms with E-state index in [0.29, 0.717) is 12.5 Å². The molecule has 0 bridgehead atoms. The van der Waals surface area contributed by atoms with Gasteiger partial charge in [-0.05, 0) is 24.3 Å². The summed E-state index contributed by atoms with van der Waals surface area (Å²) in [5.74, 6) is 0.873.